The number of halogens is 3. The van der Waals surface area contributed by atoms with E-state index in [1.54, 1.807) is 0 Å². The molecule has 96 valence electrons. The quantitative estimate of drug-likeness (QED) is 0.516. The maximum atomic E-state index is 11.8. The number of nitrogens with one attached hydrogen (secondary N) is 2. The number of ether oxygens (including phenoxy) is 1. The molecule has 0 rings (SSSR count). The molecule has 0 heterocycles. The minimum Gasteiger partial charge on any atom is -0.383 e. The molecule has 0 aliphatic carbocycles. The Kier molecular flexibility index (Phi) is 7.02. The van der Waals surface area contributed by atoms with E-state index in [0.29, 0.717) is 13.2 Å². The maximum Gasteiger partial charge on any atom is 0.415 e. The van der Waals surface area contributed by atoms with Crippen LogP contribution in [0.15, 0.2) is 0 Å². The molecule has 1 atom stereocenters. The molecule has 16 heavy (non-hydrogen) atoms. The highest BCUT2D eigenvalue weighted by Crippen LogP contribution is 2.18. The Morgan fingerprint density at radius 1 is 1.50 bits per heavy atom. The highest BCUT2D eigenvalue weighted by molar-refractivity contribution is 5.77. The van der Waals surface area contributed by atoms with Gasteiger partial charge in [-0.15, -0.1) is 0 Å². The van der Waals surface area contributed by atoms with Crippen molar-refractivity contribution in [2.24, 2.45) is 0 Å². The van der Waals surface area contributed by atoms with Gasteiger partial charge in [-0.1, -0.05) is 0 Å². The summed E-state index contributed by atoms with van der Waals surface area (Å²) in [6.45, 7) is -0.367. The van der Waals surface area contributed by atoms with E-state index in [-0.39, 0.29) is 6.54 Å². The third kappa shape index (κ3) is 7.43. The zero-order valence-corrected chi connectivity index (χ0v) is 8.80. The first-order chi connectivity index (χ1) is 7.38. The molecule has 0 bridgehead atoms. The second-order valence-corrected chi connectivity index (χ2v) is 3.03. The van der Waals surface area contributed by atoms with Gasteiger partial charge in [0.25, 0.3) is 0 Å². The van der Waals surface area contributed by atoms with Crippen molar-refractivity contribution in [1.82, 2.24) is 10.6 Å². The molecule has 0 radical (unpaired) electrons. The lowest BCUT2D eigenvalue weighted by Crippen LogP contribution is -2.42. The summed E-state index contributed by atoms with van der Waals surface area (Å²) < 4.78 is 40.1. The van der Waals surface area contributed by atoms with E-state index in [4.69, 9.17) is 5.11 Å². The van der Waals surface area contributed by atoms with Crippen LogP contribution in [0.2, 0.25) is 0 Å². The lowest BCUT2D eigenvalue weighted by Gasteiger charge is -2.14. The molecule has 3 N–H and O–H groups in total. The molecule has 8 heteroatoms. The molecule has 0 aliphatic rings. The minimum atomic E-state index is -4.67. The number of carbonyl (C=O) groups is 1. The largest absolute Gasteiger partial charge is 0.415 e. The molecule has 0 saturated carbocycles. The molecule has 0 spiro atoms. The van der Waals surface area contributed by atoms with Crippen LogP contribution in [0.1, 0.15) is 0 Å². The number of amides is 1. The van der Waals surface area contributed by atoms with Gasteiger partial charge in [-0.05, 0) is 0 Å². The first-order valence-electron chi connectivity index (χ1n) is 4.59. The third-order valence-corrected chi connectivity index (χ3v) is 1.63. The smallest absolute Gasteiger partial charge is 0.383 e. The Morgan fingerprint density at radius 2 is 2.12 bits per heavy atom. The lowest BCUT2D eigenvalue weighted by molar-refractivity contribution is -0.201. The Hall–Kier alpha value is -0.860. The van der Waals surface area contributed by atoms with E-state index in [2.05, 4.69) is 15.4 Å². The summed E-state index contributed by atoms with van der Waals surface area (Å²) in [6.07, 6.45) is -7.13. The molecule has 0 saturated heterocycles. The number of aliphatic hydroxyl groups is 1. The van der Waals surface area contributed by atoms with Crippen molar-refractivity contribution in [3.63, 3.8) is 0 Å². The number of alkyl halides is 3. The van der Waals surface area contributed by atoms with Crippen LogP contribution in [0.5, 0.6) is 0 Å². The predicted octanol–water partition coefficient (Wildman–Crippen LogP) is -0.738. The van der Waals surface area contributed by atoms with E-state index in [1.807, 2.05) is 0 Å². The van der Waals surface area contributed by atoms with Gasteiger partial charge in [0.2, 0.25) is 5.91 Å². The fraction of sp³-hybridized carbons (Fsp3) is 0.875. The molecule has 0 aliphatic heterocycles. The summed E-state index contributed by atoms with van der Waals surface area (Å²) in [6, 6.07) is 0. The van der Waals surface area contributed by atoms with Crippen molar-refractivity contribution in [3.8, 4) is 0 Å². The molecule has 1 amide bonds. The van der Waals surface area contributed by atoms with Crippen LogP contribution < -0.4 is 10.6 Å². The van der Waals surface area contributed by atoms with Gasteiger partial charge in [0.05, 0.1) is 13.2 Å². The summed E-state index contributed by atoms with van der Waals surface area (Å²) in [5, 5.41) is 13.2. The standard InChI is InChI=1S/C8H15F3N2O3/c1-16-3-2-13-7(15)5-12-4-6(14)8(9,10)11/h6,12,14H,2-5H2,1H3,(H,13,15). The molecular weight excluding hydrogens is 229 g/mol. The summed E-state index contributed by atoms with van der Waals surface area (Å²) in [5.41, 5.74) is 0. The van der Waals surface area contributed by atoms with Crippen LogP contribution in [-0.4, -0.2) is 56.6 Å². The summed E-state index contributed by atoms with van der Waals surface area (Å²) in [5.74, 6) is -0.452. The third-order valence-electron chi connectivity index (χ3n) is 1.63. The minimum absolute atomic E-state index is 0.281. The fourth-order valence-electron chi connectivity index (χ4n) is 0.793. The highest BCUT2D eigenvalue weighted by atomic mass is 19.4. The van der Waals surface area contributed by atoms with E-state index in [1.165, 1.54) is 7.11 Å². The normalized spacial score (nSPS) is 13.6. The van der Waals surface area contributed by atoms with Crippen LogP contribution >= 0.6 is 0 Å². The van der Waals surface area contributed by atoms with Gasteiger partial charge in [0, 0.05) is 20.2 Å². The fourth-order valence-corrected chi connectivity index (χ4v) is 0.793. The Labute approximate surface area is 91.0 Å². The van der Waals surface area contributed by atoms with Gasteiger partial charge in [-0.2, -0.15) is 13.2 Å². The van der Waals surface area contributed by atoms with Gasteiger partial charge < -0.3 is 20.5 Å². The van der Waals surface area contributed by atoms with E-state index in [9.17, 15) is 18.0 Å². The number of hydrogen-bond donors (Lipinski definition) is 3. The van der Waals surface area contributed by atoms with E-state index >= 15 is 0 Å². The molecule has 0 aromatic rings. The van der Waals surface area contributed by atoms with E-state index < -0.39 is 24.7 Å². The Morgan fingerprint density at radius 3 is 2.62 bits per heavy atom. The molecule has 0 fully saturated rings. The summed E-state index contributed by atoms with van der Waals surface area (Å²) in [4.78, 5) is 11.0. The number of methoxy groups -OCH3 is 1. The summed E-state index contributed by atoms with van der Waals surface area (Å²) >= 11 is 0. The average Bonchev–Trinajstić information content (AvgIpc) is 2.16. The number of rotatable bonds is 7. The topological polar surface area (TPSA) is 70.6 Å². The van der Waals surface area contributed by atoms with Crippen LogP contribution in [0.25, 0.3) is 0 Å². The van der Waals surface area contributed by atoms with E-state index in [0.717, 1.165) is 0 Å². The van der Waals surface area contributed by atoms with Crippen molar-refractivity contribution in [1.29, 1.82) is 0 Å². The van der Waals surface area contributed by atoms with Gasteiger partial charge in [0.1, 0.15) is 0 Å². The maximum absolute atomic E-state index is 11.8. The monoisotopic (exact) mass is 244 g/mol. The molecule has 0 aromatic carbocycles. The molecule has 5 nitrogen and oxygen atoms in total. The highest BCUT2D eigenvalue weighted by Gasteiger charge is 2.37. The lowest BCUT2D eigenvalue weighted by atomic mass is 10.3. The molecule has 1 unspecified atom stereocenters. The Bertz CT molecular complexity index is 211. The van der Waals surface area contributed by atoms with Gasteiger partial charge in [-0.25, -0.2) is 0 Å². The molecular formula is C8H15F3N2O3. The van der Waals surface area contributed by atoms with Crippen LogP contribution in [-0.2, 0) is 9.53 Å². The van der Waals surface area contributed by atoms with Gasteiger partial charge in [0.15, 0.2) is 6.10 Å². The van der Waals surface area contributed by atoms with Crippen molar-refractivity contribution in [2.75, 3.05) is 33.4 Å². The number of aliphatic hydroxyl groups excluding tert-OH is 1. The van der Waals surface area contributed by atoms with Gasteiger partial charge >= 0.3 is 6.18 Å². The second kappa shape index (κ2) is 7.42. The summed E-state index contributed by atoms with van der Waals surface area (Å²) in [7, 11) is 1.46. The zero-order valence-electron chi connectivity index (χ0n) is 8.80. The first kappa shape index (κ1) is 15.1. The number of carbonyl (C=O) groups excluding carboxylic acids is 1. The zero-order chi connectivity index (χ0) is 12.6. The molecule has 0 aromatic heterocycles. The van der Waals surface area contributed by atoms with Crippen LogP contribution in [0.3, 0.4) is 0 Å². The average molecular weight is 244 g/mol. The Balaban J connectivity index is 3.54. The van der Waals surface area contributed by atoms with Crippen LogP contribution in [0, 0.1) is 0 Å². The van der Waals surface area contributed by atoms with Gasteiger partial charge in [-0.3, -0.25) is 4.79 Å². The van der Waals surface area contributed by atoms with Crippen molar-refractivity contribution in [3.05, 3.63) is 0 Å². The second-order valence-electron chi connectivity index (χ2n) is 3.03. The number of hydrogen-bond acceptors (Lipinski definition) is 4. The van der Waals surface area contributed by atoms with Crippen LogP contribution in [0.4, 0.5) is 13.2 Å². The van der Waals surface area contributed by atoms with Crippen molar-refractivity contribution in [2.45, 2.75) is 12.3 Å². The van der Waals surface area contributed by atoms with Crippen molar-refractivity contribution < 1.29 is 27.8 Å². The van der Waals surface area contributed by atoms with Crippen molar-refractivity contribution >= 4 is 5.91 Å². The SMILES string of the molecule is COCCNC(=O)CNCC(O)C(F)(F)F. The first-order valence-corrected chi connectivity index (χ1v) is 4.59. The predicted molar refractivity (Wildman–Crippen MR) is 49.8 cm³/mol.